The summed E-state index contributed by atoms with van der Waals surface area (Å²) >= 11 is 0. The number of fused-ring (bicyclic) bond motifs is 1. The van der Waals surface area contributed by atoms with E-state index in [4.69, 9.17) is 0 Å². The highest BCUT2D eigenvalue weighted by atomic mass is 16.2. The smallest absolute Gasteiger partial charge is 0.261 e. The van der Waals surface area contributed by atoms with Crippen molar-refractivity contribution in [3.63, 3.8) is 0 Å². The van der Waals surface area contributed by atoms with Gasteiger partial charge in [0.1, 0.15) is 0 Å². The second-order valence-electron chi connectivity index (χ2n) is 6.66. The molecule has 25 heavy (non-hydrogen) atoms. The Balaban J connectivity index is 1.59. The Labute approximate surface area is 146 Å². The summed E-state index contributed by atoms with van der Waals surface area (Å²) in [6.07, 6.45) is 4.63. The van der Waals surface area contributed by atoms with Gasteiger partial charge in [0.2, 0.25) is 0 Å². The molecule has 1 N–H and O–H groups in total. The Hall–Kier alpha value is -2.72. The third-order valence-corrected chi connectivity index (χ3v) is 5.27. The van der Waals surface area contributed by atoms with Crippen LogP contribution in [0, 0.1) is 5.92 Å². The first kappa shape index (κ1) is 15.8. The van der Waals surface area contributed by atoms with E-state index in [-0.39, 0.29) is 29.8 Å². The molecule has 4 nitrogen and oxygen atoms in total. The standard InChI is InChI=1S/C21H19NO3/c23-12-6-11-21(15-7-2-1-3-8-15)13-16(21)14-22-19(24)17-9-4-5-10-18(17)20(22)25/h1-11,16,23H,12-14H2/b11-6-/t16-,21-/m0/s1. The van der Waals surface area contributed by atoms with Crippen LogP contribution in [-0.4, -0.2) is 35.0 Å². The number of aliphatic hydroxyl groups excluding tert-OH is 1. The van der Waals surface area contributed by atoms with Gasteiger partial charge in [0.25, 0.3) is 11.8 Å². The summed E-state index contributed by atoms with van der Waals surface area (Å²) in [4.78, 5) is 26.5. The van der Waals surface area contributed by atoms with Crippen LogP contribution < -0.4 is 0 Å². The quantitative estimate of drug-likeness (QED) is 0.676. The lowest BCUT2D eigenvalue weighted by Crippen LogP contribution is -2.33. The van der Waals surface area contributed by atoms with E-state index in [1.807, 2.05) is 24.3 Å². The lowest BCUT2D eigenvalue weighted by molar-refractivity contribution is 0.0644. The van der Waals surface area contributed by atoms with Crippen molar-refractivity contribution < 1.29 is 14.7 Å². The minimum atomic E-state index is -0.209. The molecule has 126 valence electrons. The van der Waals surface area contributed by atoms with E-state index in [2.05, 4.69) is 12.1 Å². The van der Waals surface area contributed by atoms with Gasteiger partial charge in [0.15, 0.2) is 0 Å². The number of aliphatic hydroxyl groups is 1. The molecule has 0 unspecified atom stereocenters. The van der Waals surface area contributed by atoms with Gasteiger partial charge in [-0.1, -0.05) is 54.6 Å². The average molecular weight is 333 g/mol. The minimum absolute atomic E-state index is 0.0195. The summed E-state index contributed by atoms with van der Waals surface area (Å²) in [5.74, 6) is -0.249. The topological polar surface area (TPSA) is 57.6 Å². The number of nitrogens with zero attached hydrogens (tertiary/aromatic N) is 1. The molecule has 1 aliphatic carbocycles. The second kappa shape index (κ2) is 5.97. The van der Waals surface area contributed by atoms with E-state index >= 15 is 0 Å². The molecule has 0 radical (unpaired) electrons. The van der Waals surface area contributed by atoms with Gasteiger partial charge in [-0.15, -0.1) is 0 Å². The molecule has 2 aliphatic rings. The maximum Gasteiger partial charge on any atom is 0.261 e. The van der Waals surface area contributed by atoms with E-state index in [0.717, 1.165) is 12.0 Å². The zero-order chi connectivity index (χ0) is 17.4. The second-order valence-corrected chi connectivity index (χ2v) is 6.66. The number of allylic oxidation sites excluding steroid dienone is 1. The molecule has 1 saturated carbocycles. The highest BCUT2D eigenvalue weighted by Crippen LogP contribution is 2.56. The van der Waals surface area contributed by atoms with Crippen molar-refractivity contribution >= 4 is 11.8 Å². The molecular formula is C21H19NO3. The Morgan fingerprint density at radius 2 is 1.60 bits per heavy atom. The zero-order valence-electron chi connectivity index (χ0n) is 13.8. The summed E-state index contributed by atoms with van der Waals surface area (Å²) in [7, 11) is 0. The Morgan fingerprint density at radius 1 is 1.00 bits per heavy atom. The number of hydrogen-bond acceptors (Lipinski definition) is 3. The third-order valence-electron chi connectivity index (χ3n) is 5.27. The van der Waals surface area contributed by atoms with Crippen LogP contribution >= 0.6 is 0 Å². The maximum atomic E-state index is 12.6. The Morgan fingerprint density at radius 3 is 2.20 bits per heavy atom. The summed E-state index contributed by atoms with van der Waals surface area (Å²) in [5, 5.41) is 9.17. The summed E-state index contributed by atoms with van der Waals surface area (Å²) in [5.41, 5.74) is 1.93. The highest BCUT2D eigenvalue weighted by Gasteiger charge is 2.55. The van der Waals surface area contributed by atoms with Gasteiger partial charge in [0, 0.05) is 12.0 Å². The van der Waals surface area contributed by atoms with Gasteiger partial charge in [-0.05, 0) is 30.0 Å². The molecule has 0 bridgehead atoms. The molecule has 1 heterocycles. The van der Waals surface area contributed by atoms with Crippen LogP contribution in [0.1, 0.15) is 32.7 Å². The molecule has 4 rings (SSSR count). The predicted octanol–water partition coefficient (Wildman–Crippen LogP) is 2.79. The molecule has 2 aromatic carbocycles. The fraction of sp³-hybridized carbons (Fsp3) is 0.238. The first-order valence-corrected chi connectivity index (χ1v) is 8.46. The van der Waals surface area contributed by atoms with E-state index < -0.39 is 0 Å². The maximum absolute atomic E-state index is 12.6. The number of benzene rings is 2. The molecule has 2 atom stereocenters. The summed E-state index contributed by atoms with van der Waals surface area (Å²) < 4.78 is 0. The SMILES string of the molecule is O=C1c2ccccc2C(=O)N1C[C@@H]1C[C@@]1(/C=C\CO)c1ccccc1. The van der Waals surface area contributed by atoms with E-state index in [1.54, 1.807) is 30.3 Å². The van der Waals surface area contributed by atoms with Crippen LogP contribution in [0.3, 0.4) is 0 Å². The van der Waals surface area contributed by atoms with Gasteiger partial charge in [0.05, 0.1) is 17.7 Å². The molecule has 1 fully saturated rings. The molecule has 4 heteroatoms. The van der Waals surface area contributed by atoms with Crippen molar-refractivity contribution in [2.45, 2.75) is 11.8 Å². The fourth-order valence-corrected chi connectivity index (χ4v) is 3.87. The molecule has 0 saturated heterocycles. The van der Waals surface area contributed by atoms with Gasteiger partial charge < -0.3 is 5.11 Å². The normalized spacial score (nSPS) is 24.8. The monoisotopic (exact) mass is 333 g/mol. The first-order chi connectivity index (χ1) is 12.2. The molecule has 2 amide bonds. The van der Waals surface area contributed by atoms with Gasteiger partial charge in [-0.3, -0.25) is 14.5 Å². The van der Waals surface area contributed by atoms with E-state index in [0.29, 0.717) is 17.7 Å². The van der Waals surface area contributed by atoms with Crippen LogP contribution in [0.2, 0.25) is 0 Å². The largest absolute Gasteiger partial charge is 0.392 e. The third kappa shape index (κ3) is 2.50. The average Bonchev–Trinajstić information content (AvgIpc) is 3.32. The van der Waals surface area contributed by atoms with Crippen molar-refractivity contribution in [3.8, 4) is 0 Å². The van der Waals surface area contributed by atoms with Crippen molar-refractivity contribution in [2.75, 3.05) is 13.2 Å². The van der Waals surface area contributed by atoms with Crippen LogP contribution in [0.25, 0.3) is 0 Å². The Bertz CT molecular complexity index is 823. The van der Waals surface area contributed by atoms with Crippen molar-refractivity contribution in [2.24, 2.45) is 5.92 Å². The van der Waals surface area contributed by atoms with Crippen LogP contribution in [0.5, 0.6) is 0 Å². The van der Waals surface area contributed by atoms with Crippen LogP contribution in [0.4, 0.5) is 0 Å². The number of imide groups is 1. The minimum Gasteiger partial charge on any atom is -0.392 e. The van der Waals surface area contributed by atoms with Gasteiger partial charge in [-0.2, -0.15) is 0 Å². The molecule has 2 aromatic rings. The summed E-state index contributed by atoms with van der Waals surface area (Å²) in [6, 6.07) is 17.0. The van der Waals surface area contributed by atoms with Gasteiger partial charge >= 0.3 is 0 Å². The number of carbonyl (C=O) groups is 2. The zero-order valence-corrected chi connectivity index (χ0v) is 13.8. The van der Waals surface area contributed by atoms with Crippen LogP contribution in [0.15, 0.2) is 66.7 Å². The molecular weight excluding hydrogens is 314 g/mol. The van der Waals surface area contributed by atoms with Crippen molar-refractivity contribution in [1.82, 2.24) is 4.90 Å². The van der Waals surface area contributed by atoms with Gasteiger partial charge in [-0.25, -0.2) is 0 Å². The molecule has 0 spiro atoms. The predicted molar refractivity (Wildman–Crippen MR) is 94.3 cm³/mol. The lowest BCUT2D eigenvalue weighted by Gasteiger charge is -2.18. The van der Waals surface area contributed by atoms with E-state index in [1.165, 1.54) is 4.90 Å². The lowest BCUT2D eigenvalue weighted by atomic mass is 9.92. The Kier molecular flexibility index (Phi) is 3.77. The number of carbonyl (C=O) groups excluding carboxylic acids is 2. The molecule has 0 aromatic heterocycles. The number of rotatable bonds is 5. The van der Waals surface area contributed by atoms with E-state index in [9.17, 15) is 14.7 Å². The summed E-state index contributed by atoms with van der Waals surface area (Å²) in [6.45, 7) is 0.380. The molecule has 1 aliphatic heterocycles. The van der Waals surface area contributed by atoms with Crippen molar-refractivity contribution in [1.29, 1.82) is 0 Å². The van der Waals surface area contributed by atoms with Crippen molar-refractivity contribution in [3.05, 3.63) is 83.4 Å². The number of hydrogen-bond donors (Lipinski definition) is 1. The fourth-order valence-electron chi connectivity index (χ4n) is 3.87. The number of amides is 2. The highest BCUT2D eigenvalue weighted by molar-refractivity contribution is 6.21. The first-order valence-electron chi connectivity index (χ1n) is 8.46. The van der Waals surface area contributed by atoms with Crippen LogP contribution in [-0.2, 0) is 5.41 Å².